The summed E-state index contributed by atoms with van der Waals surface area (Å²) in [5.41, 5.74) is -0.375. The molecule has 0 radical (unpaired) electrons. The molecule has 1 N–H and O–H groups in total. The molecule has 31 heavy (non-hydrogen) atoms. The summed E-state index contributed by atoms with van der Waals surface area (Å²) in [7, 11) is 1.67. The van der Waals surface area contributed by atoms with E-state index in [9.17, 15) is 23.9 Å². The smallest absolute Gasteiger partial charge is 0.296 e. The average Bonchev–Trinajstić information content (AvgIpc) is 3.31. The summed E-state index contributed by atoms with van der Waals surface area (Å²) < 4.78 is 14.9. The summed E-state index contributed by atoms with van der Waals surface area (Å²) in [5, 5.41) is 10.7. The summed E-state index contributed by atoms with van der Waals surface area (Å²) in [6, 6.07) is 4.20. The van der Waals surface area contributed by atoms with E-state index in [-0.39, 0.29) is 28.7 Å². The average molecular weight is 464 g/mol. The van der Waals surface area contributed by atoms with Gasteiger partial charge in [0.05, 0.1) is 10.6 Å². The molecule has 0 saturated carbocycles. The molecule has 3 aliphatic rings. The van der Waals surface area contributed by atoms with E-state index in [2.05, 4.69) is 0 Å². The molecule has 10 heteroatoms. The van der Waals surface area contributed by atoms with Crippen LogP contribution < -0.4 is 5.56 Å². The minimum Gasteiger partial charge on any atom is -0.502 e. The predicted molar refractivity (Wildman–Crippen MR) is 114 cm³/mol. The molecule has 0 aliphatic carbocycles. The fraction of sp³-hybridized carbons (Fsp3) is 0.381. The van der Waals surface area contributed by atoms with E-state index >= 15 is 0 Å². The van der Waals surface area contributed by atoms with Crippen LogP contribution in [0, 0.1) is 5.82 Å². The molecule has 4 heterocycles. The first kappa shape index (κ1) is 20.4. The first-order valence-corrected chi connectivity index (χ1v) is 11.4. The molecule has 1 spiro atoms. The van der Waals surface area contributed by atoms with Gasteiger partial charge < -0.3 is 14.9 Å². The Hall–Kier alpha value is -2.52. The molecule has 1 aromatic heterocycles. The van der Waals surface area contributed by atoms with Crippen molar-refractivity contribution < 1.29 is 19.1 Å². The zero-order chi connectivity index (χ0) is 22.1. The Kier molecular flexibility index (Phi) is 4.60. The Balaban J connectivity index is 1.60. The third-order valence-corrected chi connectivity index (χ3v) is 7.92. The maximum atomic E-state index is 13.4. The van der Waals surface area contributed by atoms with E-state index in [1.165, 1.54) is 27.7 Å². The number of pyridine rings is 1. The van der Waals surface area contributed by atoms with Crippen molar-refractivity contribution in [2.45, 2.75) is 25.0 Å². The Morgan fingerprint density at radius 1 is 1.26 bits per heavy atom. The SMILES string of the molecule is CN1C(=O)c2c3c(c(O)c(=O)n2C12CCSC2)C(=O)N(Cc1ccc(F)c(Cl)c1)CC3. The number of fused-ring (bicyclic) bond motifs is 4. The first-order chi connectivity index (χ1) is 14.8. The fourth-order valence-electron chi connectivity index (χ4n) is 4.80. The van der Waals surface area contributed by atoms with Crippen molar-refractivity contribution in [3.63, 3.8) is 0 Å². The number of carbonyl (C=O) groups excluding carboxylic acids is 2. The van der Waals surface area contributed by atoms with E-state index in [1.807, 2.05) is 0 Å². The van der Waals surface area contributed by atoms with Crippen LogP contribution in [0.5, 0.6) is 5.75 Å². The number of aromatic nitrogens is 1. The summed E-state index contributed by atoms with van der Waals surface area (Å²) in [5.74, 6) is -0.645. The van der Waals surface area contributed by atoms with Gasteiger partial charge in [-0.3, -0.25) is 19.0 Å². The number of carbonyl (C=O) groups is 2. The molecule has 1 fully saturated rings. The van der Waals surface area contributed by atoms with Crippen molar-refractivity contribution in [3.8, 4) is 5.75 Å². The summed E-state index contributed by atoms with van der Waals surface area (Å²) >= 11 is 7.49. The number of thioether (sulfide) groups is 1. The highest BCUT2D eigenvalue weighted by Crippen LogP contribution is 2.44. The van der Waals surface area contributed by atoms with Gasteiger partial charge in [-0.15, -0.1) is 0 Å². The topological polar surface area (TPSA) is 82.9 Å². The quantitative estimate of drug-likeness (QED) is 0.739. The van der Waals surface area contributed by atoms with Crippen molar-refractivity contribution in [1.82, 2.24) is 14.4 Å². The molecule has 0 bridgehead atoms. The van der Waals surface area contributed by atoms with Gasteiger partial charge in [0, 0.05) is 31.5 Å². The number of nitrogens with zero attached hydrogens (tertiary/aromatic N) is 3. The van der Waals surface area contributed by atoms with E-state index in [0.717, 1.165) is 5.75 Å². The molecule has 7 nitrogen and oxygen atoms in total. The van der Waals surface area contributed by atoms with Crippen LogP contribution in [0.4, 0.5) is 4.39 Å². The summed E-state index contributed by atoms with van der Waals surface area (Å²) in [6.45, 7) is 0.439. The molecule has 1 saturated heterocycles. The van der Waals surface area contributed by atoms with Crippen molar-refractivity contribution in [3.05, 3.63) is 61.8 Å². The van der Waals surface area contributed by atoms with E-state index in [4.69, 9.17) is 11.6 Å². The van der Waals surface area contributed by atoms with Gasteiger partial charge in [-0.25, -0.2) is 4.39 Å². The van der Waals surface area contributed by atoms with Crippen LogP contribution in [-0.2, 0) is 18.6 Å². The van der Waals surface area contributed by atoms with Crippen LogP contribution in [0.1, 0.15) is 38.4 Å². The van der Waals surface area contributed by atoms with Gasteiger partial charge in [-0.05, 0) is 36.3 Å². The van der Waals surface area contributed by atoms with Crippen LogP contribution >= 0.6 is 23.4 Å². The second-order valence-electron chi connectivity index (χ2n) is 8.07. The van der Waals surface area contributed by atoms with Gasteiger partial charge in [-0.1, -0.05) is 17.7 Å². The monoisotopic (exact) mass is 463 g/mol. The number of halogens is 2. The first-order valence-electron chi connectivity index (χ1n) is 9.86. The molecule has 1 aromatic carbocycles. The molecular weight excluding hydrogens is 445 g/mol. The Bertz CT molecular complexity index is 1210. The van der Waals surface area contributed by atoms with Gasteiger partial charge in [0.2, 0.25) is 0 Å². The van der Waals surface area contributed by atoms with Gasteiger partial charge in [0.25, 0.3) is 17.4 Å². The van der Waals surface area contributed by atoms with Gasteiger partial charge in [-0.2, -0.15) is 11.8 Å². The Morgan fingerprint density at radius 3 is 2.71 bits per heavy atom. The lowest BCUT2D eigenvalue weighted by Gasteiger charge is -2.33. The molecular formula is C21H19ClFN3O4S. The van der Waals surface area contributed by atoms with Crippen LogP contribution in [-0.4, -0.2) is 56.4 Å². The largest absolute Gasteiger partial charge is 0.502 e. The third-order valence-electron chi connectivity index (χ3n) is 6.47. The summed E-state index contributed by atoms with van der Waals surface area (Å²) in [6.07, 6.45) is 0.929. The van der Waals surface area contributed by atoms with Crippen LogP contribution in [0.2, 0.25) is 5.02 Å². The Labute approximate surface area is 186 Å². The lowest BCUT2D eigenvalue weighted by atomic mass is 9.95. The second kappa shape index (κ2) is 7.00. The van der Waals surface area contributed by atoms with E-state index in [1.54, 1.807) is 23.7 Å². The van der Waals surface area contributed by atoms with Crippen molar-refractivity contribution in [2.75, 3.05) is 25.1 Å². The van der Waals surface area contributed by atoms with Crippen LogP contribution in [0.25, 0.3) is 0 Å². The number of aromatic hydroxyl groups is 1. The van der Waals surface area contributed by atoms with E-state index in [0.29, 0.717) is 36.3 Å². The lowest BCUT2D eigenvalue weighted by Crippen LogP contribution is -2.48. The molecule has 3 aliphatic heterocycles. The maximum absolute atomic E-state index is 13.4. The molecule has 5 rings (SSSR count). The predicted octanol–water partition coefficient (Wildman–Crippen LogP) is 2.42. The highest BCUT2D eigenvalue weighted by atomic mass is 35.5. The lowest BCUT2D eigenvalue weighted by molar-refractivity contribution is 0.0571. The van der Waals surface area contributed by atoms with Crippen LogP contribution in [0.3, 0.4) is 0 Å². The van der Waals surface area contributed by atoms with Crippen LogP contribution in [0.15, 0.2) is 23.0 Å². The molecule has 2 aromatic rings. The van der Waals surface area contributed by atoms with Crippen molar-refractivity contribution in [1.29, 1.82) is 0 Å². The molecule has 2 amide bonds. The zero-order valence-electron chi connectivity index (χ0n) is 16.7. The van der Waals surface area contributed by atoms with Gasteiger partial charge in [0.15, 0.2) is 5.75 Å². The number of amides is 2. The van der Waals surface area contributed by atoms with Gasteiger partial charge in [0.1, 0.15) is 17.2 Å². The minimum absolute atomic E-state index is 0.0466. The van der Waals surface area contributed by atoms with Gasteiger partial charge >= 0.3 is 0 Å². The fourth-order valence-corrected chi connectivity index (χ4v) is 6.42. The molecule has 1 atom stereocenters. The molecule has 162 valence electrons. The molecule has 1 unspecified atom stereocenters. The van der Waals surface area contributed by atoms with Crippen molar-refractivity contribution >= 4 is 35.2 Å². The number of hydrogen-bond donors (Lipinski definition) is 1. The van der Waals surface area contributed by atoms with Crippen molar-refractivity contribution in [2.24, 2.45) is 0 Å². The normalized spacial score (nSPS) is 22.4. The third kappa shape index (κ3) is 2.75. The number of rotatable bonds is 2. The zero-order valence-corrected chi connectivity index (χ0v) is 18.2. The standard InChI is InChI=1S/C21H19ClFN3O4S/c1-24-19(29)16-12-4-6-25(9-11-2-3-14(23)13(22)8-11)18(28)15(12)17(27)20(30)26(16)21(24)5-7-31-10-21/h2-3,8,27H,4-7,9-10H2,1H3. The number of hydrogen-bond acceptors (Lipinski definition) is 5. The Morgan fingerprint density at radius 2 is 2.03 bits per heavy atom. The minimum atomic E-state index is -0.800. The number of benzene rings is 1. The second-order valence-corrected chi connectivity index (χ2v) is 9.58. The highest BCUT2D eigenvalue weighted by Gasteiger charge is 2.53. The van der Waals surface area contributed by atoms with E-state index < -0.39 is 28.7 Å². The highest BCUT2D eigenvalue weighted by molar-refractivity contribution is 7.99. The maximum Gasteiger partial charge on any atom is 0.296 e. The summed E-state index contributed by atoms with van der Waals surface area (Å²) in [4.78, 5) is 42.6.